The molecule has 0 aromatic rings. The molecule has 0 bridgehead atoms. The fourth-order valence-corrected chi connectivity index (χ4v) is 5.29. The molecule has 0 fully saturated rings. The summed E-state index contributed by atoms with van der Waals surface area (Å²) in [4.78, 5) is 47.8. The molecule has 0 saturated heterocycles. The summed E-state index contributed by atoms with van der Waals surface area (Å²) in [6, 6.07) is 0. The SMILES string of the molecule is CC(OC(=O)C(C)C)OC(=O)C(O)C(C)(C)COS(=O)(=O)CCCS(=O)(=O)OCC(C)(C)C(O)C(=O)OC(C)OC(=O)C(C)C. The van der Waals surface area contributed by atoms with Crippen molar-refractivity contribution in [2.24, 2.45) is 22.7 Å². The van der Waals surface area contributed by atoms with Crippen molar-refractivity contribution in [3.63, 3.8) is 0 Å². The second-order valence-electron chi connectivity index (χ2n) is 12.4. The maximum atomic E-state index is 12.4. The lowest BCUT2D eigenvalue weighted by molar-refractivity contribution is -0.198. The maximum absolute atomic E-state index is 12.4. The number of aliphatic hydroxyl groups excluding tert-OH is 2. The van der Waals surface area contributed by atoms with E-state index in [2.05, 4.69) is 0 Å². The molecule has 45 heavy (non-hydrogen) atoms. The van der Waals surface area contributed by atoms with Gasteiger partial charge in [0.05, 0.1) is 36.6 Å². The first-order chi connectivity index (χ1) is 20.2. The van der Waals surface area contributed by atoms with E-state index >= 15 is 0 Å². The van der Waals surface area contributed by atoms with Crippen molar-refractivity contribution < 1.29 is 73.5 Å². The van der Waals surface area contributed by atoms with Crippen molar-refractivity contribution in [1.29, 1.82) is 0 Å². The minimum atomic E-state index is -4.33. The van der Waals surface area contributed by atoms with Gasteiger partial charge in [-0.05, 0) is 6.42 Å². The first-order valence-corrected chi connectivity index (χ1v) is 17.3. The summed E-state index contributed by atoms with van der Waals surface area (Å²) in [5.74, 6) is -6.13. The Bertz CT molecular complexity index is 1130. The highest BCUT2D eigenvalue weighted by Crippen LogP contribution is 2.25. The molecule has 0 heterocycles. The highest BCUT2D eigenvalue weighted by atomic mass is 32.2. The third-order valence-corrected chi connectivity index (χ3v) is 8.54. The number of carbonyl (C=O) groups excluding carboxylic acids is 4. The van der Waals surface area contributed by atoms with Crippen LogP contribution in [-0.2, 0) is 66.7 Å². The van der Waals surface area contributed by atoms with E-state index < -0.39 is 123 Å². The van der Waals surface area contributed by atoms with E-state index in [1.807, 2.05) is 0 Å². The minimum absolute atomic E-state index is 0.460. The largest absolute Gasteiger partial charge is 0.425 e. The summed E-state index contributed by atoms with van der Waals surface area (Å²) in [5.41, 5.74) is -2.97. The van der Waals surface area contributed by atoms with Gasteiger partial charge < -0.3 is 29.2 Å². The molecular weight excluding hydrogens is 644 g/mol. The summed E-state index contributed by atoms with van der Waals surface area (Å²) >= 11 is 0. The molecular formula is C27H48O16S2. The Hall–Kier alpha value is -2.38. The zero-order valence-corrected chi connectivity index (χ0v) is 29.1. The molecule has 18 heteroatoms. The first kappa shape index (κ1) is 42.6. The van der Waals surface area contributed by atoms with Crippen LogP contribution >= 0.6 is 0 Å². The summed E-state index contributed by atoms with van der Waals surface area (Å²) < 4.78 is 78.8. The molecule has 16 nitrogen and oxygen atoms in total. The minimum Gasteiger partial charge on any atom is -0.425 e. The van der Waals surface area contributed by atoms with Crippen molar-refractivity contribution in [2.45, 2.75) is 100 Å². The van der Waals surface area contributed by atoms with E-state index in [1.54, 1.807) is 27.7 Å². The molecule has 2 N–H and O–H groups in total. The van der Waals surface area contributed by atoms with Crippen LogP contribution in [0.15, 0.2) is 0 Å². The molecule has 0 rings (SSSR count). The van der Waals surface area contributed by atoms with Gasteiger partial charge in [0, 0.05) is 24.7 Å². The predicted molar refractivity (Wildman–Crippen MR) is 157 cm³/mol. The van der Waals surface area contributed by atoms with E-state index in [9.17, 15) is 46.2 Å². The van der Waals surface area contributed by atoms with Crippen LogP contribution in [-0.4, -0.2) is 100 Å². The normalized spacial score (nSPS) is 15.6. The Morgan fingerprint density at radius 2 is 0.822 bits per heavy atom. The van der Waals surface area contributed by atoms with Crippen LogP contribution in [0.2, 0.25) is 0 Å². The van der Waals surface area contributed by atoms with Crippen molar-refractivity contribution in [3.05, 3.63) is 0 Å². The molecule has 0 aromatic carbocycles. The van der Waals surface area contributed by atoms with Gasteiger partial charge in [0.1, 0.15) is 0 Å². The third kappa shape index (κ3) is 16.1. The quantitative estimate of drug-likeness (QED) is 0.103. The summed E-state index contributed by atoms with van der Waals surface area (Å²) in [6.07, 6.45) is -6.80. The number of aliphatic hydroxyl groups is 2. The fraction of sp³-hybridized carbons (Fsp3) is 0.852. The third-order valence-electron chi connectivity index (χ3n) is 6.01. The van der Waals surface area contributed by atoms with Crippen molar-refractivity contribution >= 4 is 44.1 Å². The lowest BCUT2D eigenvalue weighted by Crippen LogP contribution is -2.43. The zero-order valence-electron chi connectivity index (χ0n) is 27.4. The number of carbonyl (C=O) groups is 4. The van der Waals surface area contributed by atoms with Gasteiger partial charge in [-0.15, -0.1) is 0 Å². The Balaban J connectivity index is 4.89. The molecule has 0 saturated carbocycles. The van der Waals surface area contributed by atoms with Gasteiger partial charge in [0.25, 0.3) is 20.2 Å². The average Bonchev–Trinajstić information content (AvgIpc) is 2.89. The van der Waals surface area contributed by atoms with Gasteiger partial charge >= 0.3 is 23.9 Å². The average molecular weight is 693 g/mol. The van der Waals surface area contributed by atoms with Crippen molar-refractivity contribution in [3.8, 4) is 0 Å². The lowest BCUT2D eigenvalue weighted by atomic mass is 9.87. The van der Waals surface area contributed by atoms with Crippen molar-refractivity contribution in [1.82, 2.24) is 0 Å². The van der Waals surface area contributed by atoms with Crippen LogP contribution in [0.25, 0.3) is 0 Å². The predicted octanol–water partition coefficient (Wildman–Crippen LogP) is 1.02. The molecule has 0 aliphatic rings. The van der Waals surface area contributed by atoms with Crippen LogP contribution < -0.4 is 0 Å². The fourth-order valence-electron chi connectivity index (χ4n) is 2.91. The number of esters is 4. The summed E-state index contributed by atoms with van der Waals surface area (Å²) in [6.45, 7) is 12.8. The van der Waals surface area contributed by atoms with Crippen molar-refractivity contribution in [2.75, 3.05) is 24.7 Å². The summed E-state index contributed by atoms with van der Waals surface area (Å²) in [5, 5.41) is 20.7. The van der Waals surface area contributed by atoms with Gasteiger partial charge in [-0.3, -0.25) is 18.0 Å². The number of rotatable bonds is 20. The molecule has 0 amide bonds. The second kappa shape index (κ2) is 17.5. The molecule has 0 aliphatic carbocycles. The van der Waals surface area contributed by atoms with Crippen LogP contribution in [0, 0.1) is 22.7 Å². The first-order valence-electron chi connectivity index (χ1n) is 14.2. The molecule has 264 valence electrons. The second-order valence-corrected chi connectivity index (χ2v) is 15.9. The van der Waals surface area contributed by atoms with Gasteiger partial charge in [0.2, 0.25) is 12.6 Å². The van der Waals surface area contributed by atoms with E-state index in [0.717, 1.165) is 0 Å². The van der Waals surface area contributed by atoms with Crippen LogP contribution in [0.1, 0.15) is 75.7 Å². The molecule has 0 radical (unpaired) electrons. The van der Waals surface area contributed by atoms with E-state index in [0.29, 0.717) is 0 Å². The lowest BCUT2D eigenvalue weighted by Gasteiger charge is -2.29. The Morgan fingerprint density at radius 3 is 1.09 bits per heavy atom. The maximum Gasteiger partial charge on any atom is 0.338 e. The smallest absolute Gasteiger partial charge is 0.338 e. The van der Waals surface area contributed by atoms with E-state index in [4.69, 9.17) is 27.3 Å². The molecule has 0 spiro atoms. The topological polar surface area (TPSA) is 232 Å². The Labute approximate surface area is 265 Å². The van der Waals surface area contributed by atoms with Gasteiger partial charge in [-0.1, -0.05) is 55.4 Å². The Morgan fingerprint density at radius 1 is 0.556 bits per heavy atom. The number of ether oxygens (including phenoxy) is 4. The molecule has 0 aromatic heterocycles. The Kier molecular flexibility index (Phi) is 16.6. The molecule has 4 atom stereocenters. The highest BCUT2D eigenvalue weighted by Gasteiger charge is 2.39. The summed E-state index contributed by atoms with van der Waals surface area (Å²) in [7, 11) is -8.66. The van der Waals surface area contributed by atoms with E-state index in [1.165, 1.54) is 41.5 Å². The van der Waals surface area contributed by atoms with E-state index in [-0.39, 0.29) is 0 Å². The van der Waals surface area contributed by atoms with Crippen LogP contribution in [0.4, 0.5) is 0 Å². The number of hydrogen-bond donors (Lipinski definition) is 2. The van der Waals surface area contributed by atoms with Gasteiger partial charge in [0.15, 0.2) is 12.2 Å². The molecule has 0 aliphatic heterocycles. The zero-order chi connectivity index (χ0) is 35.6. The molecule has 4 unspecified atom stereocenters. The highest BCUT2D eigenvalue weighted by molar-refractivity contribution is 7.87. The van der Waals surface area contributed by atoms with Crippen LogP contribution in [0.3, 0.4) is 0 Å². The number of hydrogen-bond acceptors (Lipinski definition) is 16. The van der Waals surface area contributed by atoms with Gasteiger partial charge in [-0.2, -0.15) is 16.8 Å². The van der Waals surface area contributed by atoms with Gasteiger partial charge in [-0.25, -0.2) is 9.59 Å². The standard InChI is InChI=1S/C27H48O16S2/c1-16(2)22(30)40-18(5)42-24(32)20(28)26(7,8)14-38-44(34,35)12-11-13-45(36,37)39-15-27(9,10)21(29)25(33)43-19(6)41-23(31)17(3)4/h16-21,28-29H,11-15H2,1-10H3. The van der Waals surface area contributed by atoms with Crippen LogP contribution in [0.5, 0.6) is 0 Å². The monoisotopic (exact) mass is 692 g/mol.